The van der Waals surface area contributed by atoms with Gasteiger partial charge >= 0.3 is 6.09 Å². The van der Waals surface area contributed by atoms with Gasteiger partial charge in [0.1, 0.15) is 5.60 Å². The van der Waals surface area contributed by atoms with Crippen LogP contribution in [0.5, 0.6) is 0 Å². The molecule has 0 unspecified atom stereocenters. The minimum Gasteiger partial charge on any atom is -0.441 e. The molecule has 0 aromatic carbocycles. The first-order valence-corrected chi connectivity index (χ1v) is 9.08. The van der Waals surface area contributed by atoms with E-state index in [0.29, 0.717) is 38.8 Å². The number of carbonyl (C=O) groups excluding carboxylic acids is 2. The molecule has 4 aliphatic rings. The Hall–Kier alpha value is -1.30. The monoisotopic (exact) mass is 321 g/mol. The van der Waals surface area contributed by atoms with E-state index in [4.69, 9.17) is 4.74 Å². The van der Waals surface area contributed by atoms with E-state index in [1.165, 1.54) is 19.3 Å². The Morgan fingerprint density at radius 2 is 2.09 bits per heavy atom. The number of hydrogen-bond acceptors (Lipinski definition) is 4. The van der Waals surface area contributed by atoms with Crippen LogP contribution >= 0.6 is 0 Å². The predicted molar refractivity (Wildman–Crippen MR) is 85.0 cm³/mol. The van der Waals surface area contributed by atoms with Gasteiger partial charge in [-0.1, -0.05) is 0 Å². The van der Waals surface area contributed by atoms with E-state index in [-0.39, 0.29) is 17.6 Å². The molecule has 0 aromatic heterocycles. The van der Waals surface area contributed by atoms with Gasteiger partial charge in [0, 0.05) is 45.1 Å². The standard InChI is InChI=1S/C17H27N3O3/c1-2-18-12-17(23-16(18)22)5-7-19(8-6-17)15(21)11-20-10-13-3-4-14(20)9-13/h13-14H,2-12H2,1H3/t13-,14+/m0/s1. The molecule has 0 radical (unpaired) electrons. The quantitative estimate of drug-likeness (QED) is 0.786. The van der Waals surface area contributed by atoms with Gasteiger partial charge in [-0.3, -0.25) is 9.69 Å². The first kappa shape index (κ1) is 15.2. The van der Waals surface area contributed by atoms with Crippen LogP contribution in [-0.4, -0.2) is 77.6 Å². The number of likely N-dealkylation sites (N-methyl/N-ethyl adjacent to an activating group) is 1. The highest BCUT2D eigenvalue weighted by Crippen LogP contribution is 2.37. The van der Waals surface area contributed by atoms with Crippen molar-refractivity contribution in [3.8, 4) is 0 Å². The maximum Gasteiger partial charge on any atom is 0.410 e. The number of rotatable bonds is 3. The molecule has 128 valence electrons. The lowest BCUT2D eigenvalue weighted by Crippen LogP contribution is -2.51. The van der Waals surface area contributed by atoms with Crippen LogP contribution in [0.25, 0.3) is 0 Å². The van der Waals surface area contributed by atoms with Gasteiger partial charge < -0.3 is 14.5 Å². The van der Waals surface area contributed by atoms with E-state index in [9.17, 15) is 9.59 Å². The van der Waals surface area contributed by atoms with Crippen LogP contribution in [0.15, 0.2) is 0 Å². The molecule has 4 fully saturated rings. The second-order valence-electron chi connectivity index (χ2n) is 7.71. The molecule has 3 aliphatic heterocycles. The van der Waals surface area contributed by atoms with E-state index in [2.05, 4.69) is 4.90 Å². The summed E-state index contributed by atoms with van der Waals surface area (Å²) >= 11 is 0. The van der Waals surface area contributed by atoms with Crippen molar-refractivity contribution in [3.05, 3.63) is 0 Å². The summed E-state index contributed by atoms with van der Waals surface area (Å²) in [6, 6.07) is 0.647. The Labute approximate surface area is 137 Å². The zero-order chi connectivity index (χ0) is 16.0. The van der Waals surface area contributed by atoms with E-state index >= 15 is 0 Å². The number of hydrogen-bond donors (Lipinski definition) is 0. The molecule has 3 heterocycles. The molecule has 1 saturated carbocycles. The third-order valence-corrected chi connectivity index (χ3v) is 6.31. The van der Waals surface area contributed by atoms with Crippen LogP contribution in [0.4, 0.5) is 4.79 Å². The van der Waals surface area contributed by atoms with Crippen molar-refractivity contribution >= 4 is 12.0 Å². The summed E-state index contributed by atoms with van der Waals surface area (Å²) in [6.07, 6.45) is 5.25. The van der Waals surface area contributed by atoms with E-state index in [1.807, 2.05) is 11.8 Å². The van der Waals surface area contributed by atoms with Gasteiger partial charge in [0.2, 0.25) is 5.91 Å². The summed E-state index contributed by atoms with van der Waals surface area (Å²) in [7, 11) is 0. The Balaban J connectivity index is 1.30. The van der Waals surface area contributed by atoms with Crippen LogP contribution in [0, 0.1) is 5.92 Å². The van der Waals surface area contributed by atoms with Crippen molar-refractivity contribution in [1.29, 1.82) is 0 Å². The van der Waals surface area contributed by atoms with Crippen LogP contribution < -0.4 is 0 Å². The molecule has 2 amide bonds. The number of nitrogens with zero attached hydrogens (tertiary/aromatic N) is 3. The van der Waals surface area contributed by atoms with Gasteiger partial charge in [-0.05, 0) is 32.1 Å². The second-order valence-corrected chi connectivity index (χ2v) is 7.71. The molecule has 4 rings (SSSR count). The molecule has 2 bridgehead atoms. The third-order valence-electron chi connectivity index (χ3n) is 6.31. The molecule has 6 heteroatoms. The van der Waals surface area contributed by atoms with Crippen LogP contribution in [0.2, 0.25) is 0 Å². The molecular weight excluding hydrogens is 294 g/mol. The number of amides is 2. The van der Waals surface area contributed by atoms with Crippen molar-refractivity contribution in [1.82, 2.24) is 14.7 Å². The van der Waals surface area contributed by atoms with Crippen LogP contribution in [0.3, 0.4) is 0 Å². The maximum atomic E-state index is 12.6. The highest BCUT2D eigenvalue weighted by atomic mass is 16.6. The van der Waals surface area contributed by atoms with Gasteiger partial charge in [-0.25, -0.2) is 4.79 Å². The number of ether oxygens (including phenoxy) is 1. The minimum absolute atomic E-state index is 0.194. The summed E-state index contributed by atoms with van der Waals surface area (Å²) in [4.78, 5) is 30.5. The van der Waals surface area contributed by atoms with E-state index in [0.717, 1.165) is 25.3 Å². The summed E-state index contributed by atoms with van der Waals surface area (Å²) in [5, 5.41) is 0. The zero-order valence-electron chi connectivity index (χ0n) is 14.0. The van der Waals surface area contributed by atoms with Crippen molar-refractivity contribution < 1.29 is 14.3 Å². The predicted octanol–water partition coefficient (Wildman–Crippen LogP) is 1.30. The highest BCUT2D eigenvalue weighted by Gasteiger charge is 2.47. The Morgan fingerprint density at radius 1 is 1.30 bits per heavy atom. The second kappa shape index (κ2) is 5.65. The number of likely N-dealkylation sites (tertiary alicyclic amines) is 2. The molecule has 2 atom stereocenters. The van der Waals surface area contributed by atoms with Crippen molar-refractivity contribution in [3.63, 3.8) is 0 Å². The van der Waals surface area contributed by atoms with Crippen molar-refractivity contribution in [2.24, 2.45) is 5.92 Å². The lowest BCUT2D eigenvalue weighted by molar-refractivity contribution is -0.136. The molecule has 6 nitrogen and oxygen atoms in total. The SMILES string of the molecule is CCN1CC2(CCN(C(=O)CN3C[C@H]4CC[C@@H]3C4)CC2)OC1=O. The fourth-order valence-electron chi connectivity index (χ4n) is 4.85. The summed E-state index contributed by atoms with van der Waals surface area (Å²) in [6.45, 7) is 6.47. The van der Waals surface area contributed by atoms with Crippen LogP contribution in [-0.2, 0) is 9.53 Å². The normalized spacial score (nSPS) is 32.8. The van der Waals surface area contributed by atoms with E-state index in [1.54, 1.807) is 4.90 Å². The first-order chi connectivity index (χ1) is 11.1. The Bertz CT molecular complexity index is 501. The topological polar surface area (TPSA) is 53.1 Å². The van der Waals surface area contributed by atoms with Crippen LogP contribution in [0.1, 0.15) is 39.0 Å². The summed E-state index contributed by atoms with van der Waals surface area (Å²) < 4.78 is 5.63. The molecule has 0 N–H and O–H groups in total. The molecule has 3 saturated heterocycles. The lowest BCUT2D eigenvalue weighted by Gasteiger charge is -2.38. The Morgan fingerprint density at radius 3 is 2.65 bits per heavy atom. The van der Waals surface area contributed by atoms with Gasteiger partial charge in [0.25, 0.3) is 0 Å². The molecular formula is C17H27N3O3. The fourth-order valence-corrected chi connectivity index (χ4v) is 4.85. The molecule has 0 aromatic rings. The number of carbonyl (C=O) groups is 2. The largest absolute Gasteiger partial charge is 0.441 e. The molecule has 23 heavy (non-hydrogen) atoms. The molecule has 1 spiro atoms. The molecule has 1 aliphatic carbocycles. The average Bonchev–Trinajstić information content (AvgIpc) is 3.23. The Kier molecular flexibility index (Phi) is 3.75. The van der Waals surface area contributed by atoms with Gasteiger partial charge in [0.15, 0.2) is 0 Å². The summed E-state index contributed by atoms with van der Waals surface area (Å²) in [5.41, 5.74) is -0.351. The maximum absolute atomic E-state index is 12.6. The fraction of sp³-hybridized carbons (Fsp3) is 0.882. The van der Waals surface area contributed by atoms with Crippen molar-refractivity contribution in [2.75, 3.05) is 39.3 Å². The minimum atomic E-state index is -0.351. The van der Waals surface area contributed by atoms with E-state index < -0.39 is 0 Å². The van der Waals surface area contributed by atoms with Gasteiger partial charge in [-0.15, -0.1) is 0 Å². The number of fused-ring (bicyclic) bond motifs is 2. The smallest absolute Gasteiger partial charge is 0.410 e. The number of piperidine rings is 2. The van der Waals surface area contributed by atoms with Gasteiger partial charge in [0.05, 0.1) is 13.1 Å². The van der Waals surface area contributed by atoms with Gasteiger partial charge in [-0.2, -0.15) is 0 Å². The van der Waals surface area contributed by atoms with Crippen molar-refractivity contribution in [2.45, 2.75) is 50.7 Å². The third kappa shape index (κ3) is 2.71. The highest BCUT2D eigenvalue weighted by molar-refractivity contribution is 5.78. The summed E-state index contributed by atoms with van der Waals surface area (Å²) in [5.74, 6) is 1.08. The first-order valence-electron chi connectivity index (χ1n) is 9.08. The average molecular weight is 321 g/mol. The lowest BCUT2D eigenvalue weighted by atomic mass is 9.91. The zero-order valence-corrected chi connectivity index (χ0v) is 14.0.